The Kier molecular flexibility index (Phi) is 3.42. The van der Waals surface area contributed by atoms with E-state index in [-0.39, 0.29) is 0 Å². The van der Waals surface area contributed by atoms with Crippen molar-refractivity contribution in [3.05, 3.63) is 59.4 Å². The van der Waals surface area contributed by atoms with E-state index in [1.807, 2.05) is 36.5 Å². The maximum Gasteiger partial charge on any atom is 0.0418 e. The number of aromatic nitrogens is 1. The number of nitrogens with one attached hydrogen (secondary N) is 1. The summed E-state index contributed by atoms with van der Waals surface area (Å²) in [5, 5.41) is 3.34. The van der Waals surface area contributed by atoms with Crippen molar-refractivity contribution in [2.24, 2.45) is 0 Å². The third-order valence-electron chi connectivity index (χ3n) is 2.66. The molecule has 0 fully saturated rings. The molecule has 2 nitrogen and oxygen atoms in total. The van der Waals surface area contributed by atoms with Crippen molar-refractivity contribution in [1.29, 1.82) is 0 Å². The number of pyridine rings is 1. The maximum absolute atomic E-state index is 5.36. The molecule has 2 aromatic rings. The topological polar surface area (TPSA) is 24.9 Å². The quantitative estimate of drug-likeness (QED) is 0.807. The summed E-state index contributed by atoms with van der Waals surface area (Å²) in [5.74, 6) is 2.62. The molecule has 0 unspecified atom stereocenters. The van der Waals surface area contributed by atoms with Crippen LogP contribution < -0.4 is 5.32 Å². The molecule has 1 heterocycles. The van der Waals surface area contributed by atoms with Crippen LogP contribution in [-0.2, 0) is 6.54 Å². The van der Waals surface area contributed by atoms with Crippen molar-refractivity contribution in [3.63, 3.8) is 0 Å². The number of benzene rings is 1. The minimum absolute atomic E-state index is 0.758. The predicted octanol–water partition coefficient (Wildman–Crippen LogP) is 2.98. The predicted molar refractivity (Wildman–Crippen MR) is 70.7 cm³/mol. The Hall–Kier alpha value is -2.27. The van der Waals surface area contributed by atoms with Gasteiger partial charge in [-0.05, 0) is 42.3 Å². The molecule has 0 aliphatic heterocycles. The molecule has 84 valence electrons. The van der Waals surface area contributed by atoms with Gasteiger partial charge in [-0.25, -0.2) is 0 Å². The largest absolute Gasteiger partial charge is 0.381 e. The summed E-state index contributed by atoms with van der Waals surface area (Å²) in [6, 6.07) is 9.85. The van der Waals surface area contributed by atoms with Crippen LogP contribution in [0.3, 0.4) is 0 Å². The van der Waals surface area contributed by atoms with E-state index in [2.05, 4.69) is 23.1 Å². The molecule has 17 heavy (non-hydrogen) atoms. The highest BCUT2D eigenvalue weighted by atomic mass is 14.9. The lowest BCUT2D eigenvalue weighted by atomic mass is 10.1. The monoisotopic (exact) mass is 222 g/mol. The number of terminal acetylenes is 1. The van der Waals surface area contributed by atoms with E-state index in [0.29, 0.717) is 0 Å². The molecule has 0 spiro atoms. The zero-order chi connectivity index (χ0) is 12.1. The van der Waals surface area contributed by atoms with Crippen LogP contribution in [0, 0.1) is 19.3 Å². The van der Waals surface area contributed by atoms with Crippen molar-refractivity contribution in [3.8, 4) is 12.3 Å². The Balaban J connectivity index is 2.08. The molecular formula is C15H14N2. The summed E-state index contributed by atoms with van der Waals surface area (Å²) >= 11 is 0. The summed E-state index contributed by atoms with van der Waals surface area (Å²) in [4.78, 5) is 4.12. The van der Waals surface area contributed by atoms with E-state index >= 15 is 0 Å². The van der Waals surface area contributed by atoms with Crippen LogP contribution in [0.1, 0.15) is 16.7 Å². The molecule has 0 amide bonds. The molecule has 0 bridgehead atoms. The lowest BCUT2D eigenvalue weighted by Gasteiger charge is -2.08. The average Bonchev–Trinajstić information content (AvgIpc) is 2.38. The highest BCUT2D eigenvalue weighted by Gasteiger charge is 1.98. The molecular weight excluding hydrogens is 208 g/mol. The summed E-state index contributed by atoms with van der Waals surface area (Å²) in [7, 11) is 0. The third-order valence-corrected chi connectivity index (χ3v) is 2.66. The van der Waals surface area contributed by atoms with E-state index in [9.17, 15) is 0 Å². The molecule has 0 saturated carbocycles. The lowest BCUT2D eigenvalue weighted by molar-refractivity contribution is 1.08. The van der Waals surface area contributed by atoms with Crippen molar-refractivity contribution >= 4 is 5.69 Å². The fourth-order valence-corrected chi connectivity index (χ4v) is 1.60. The Morgan fingerprint density at radius 2 is 2.24 bits per heavy atom. The van der Waals surface area contributed by atoms with Gasteiger partial charge in [0.15, 0.2) is 0 Å². The molecule has 2 rings (SSSR count). The van der Waals surface area contributed by atoms with Gasteiger partial charge in [0, 0.05) is 30.2 Å². The van der Waals surface area contributed by atoms with Crippen LogP contribution in [0.15, 0.2) is 42.7 Å². The Morgan fingerprint density at radius 1 is 1.35 bits per heavy atom. The Morgan fingerprint density at radius 3 is 3.00 bits per heavy atom. The second-order valence-electron chi connectivity index (χ2n) is 3.88. The van der Waals surface area contributed by atoms with Crippen molar-refractivity contribution in [1.82, 2.24) is 4.98 Å². The molecule has 2 heteroatoms. The van der Waals surface area contributed by atoms with Crippen molar-refractivity contribution in [2.45, 2.75) is 13.5 Å². The lowest BCUT2D eigenvalue weighted by Crippen LogP contribution is -2.01. The molecule has 0 aliphatic rings. The van der Waals surface area contributed by atoms with Gasteiger partial charge in [-0.2, -0.15) is 0 Å². The molecule has 1 aromatic heterocycles. The summed E-state index contributed by atoms with van der Waals surface area (Å²) in [6.45, 7) is 2.84. The minimum atomic E-state index is 0.758. The average molecular weight is 222 g/mol. The number of hydrogen-bond donors (Lipinski definition) is 1. The highest BCUT2D eigenvalue weighted by molar-refractivity contribution is 5.50. The van der Waals surface area contributed by atoms with Crippen LogP contribution in [0.5, 0.6) is 0 Å². The summed E-state index contributed by atoms with van der Waals surface area (Å²) < 4.78 is 0. The SMILES string of the molecule is C#Cc1cccc(NCc2cnccc2C)c1. The highest BCUT2D eigenvalue weighted by Crippen LogP contribution is 2.12. The van der Waals surface area contributed by atoms with Crippen LogP contribution in [-0.4, -0.2) is 4.98 Å². The maximum atomic E-state index is 5.36. The molecule has 1 N–H and O–H groups in total. The third kappa shape index (κ3) is 2.85. The van der Waals surface area contributed by atoms with Crippen LogP contribution in [0.25, 0.3) is 0 Å². The standard InChI is InChI=1S/C15H14N2/c1-3-13-5-4-6-15(9-13)17-11-14-10-16-8-7-12(14)2/h1,4-10,17H,11H2,2H3. The second kappa shape index (κ2) is 5.18. The number of anilines is 1. The number of hydrogen-bond acceptors (Lipinski definition) is 2. The number of aryl methyl sites for hydroxylation is 1. The van der Waals surface area contributed by atoms with Gasteiger partial charge >= 0.3 is 0 Å². The van der Waals surface area contributed by atoms with E-state index < -0.39 is 0 Å². The molecule has 0 saturated heterocycles. The normalized spacial score (nSPS) is 9.65. The summed E-state index contributed by atoms with van der Waals surface area (Å²) in [5.41, 5.74) is 4.35. The molecule has 0 atom stereocenters. The fraction of sp³-hybridized carbons (Fsp3) is 0.133. The van der Waals surface area contributed by atoms with Gasteiger partial charge in [0.25, 0.3) is 0 Å². The van der Waals surface area contributed by atoms with E-state index in [4.69, 9.17) is 6.42 Å². The van der Waals surface area contributed by atoms with E-state index in [0.717, 1.165) is 17.8 Å². The van der Waals surface area contributed by atoms with Crippen LogP contribution in [0.4, 0.5) is 5.69 Å². The van der Waals surface area contributed by atoms with Crippen molar-refractivity contribution < 1.29 is 0 Å². The zero-order valence-corrected chi connectivity index (χ0v) is 9.77. The van der Waals surface area contributed by atoms with Crippen LogP contribution >= 0.6 is 0 Å². The van der Waals surface area contributed by atoms with Gasteiger partial charge in [0.1, 0.15) is 0 Å². The Bertz CT molecular complexity index is 553. The Labute approximate surface area is 102 Å². The van der Waals surface area contributed by atoms with Gasteiger partial charge < -0.3 is 5.32 Å². The molecule has 0 aliphatic carbocycles. The smallest absolute Gasteiger partial charge is 0.0418 e. The van der Waals surface area contributed by atoms with Gasteiger partial charge in [-0.15, -0.1) is 6.42 Å². The number of nitrogens with zero attached hydrogens (tertiary/aromatic N) is 1. The van der Waals surface area contributed by atoms with Crippen molar-refractivity contribution in [2.75, 3.05) is 5.32 Å². The van der Waals surface area contributed by atoms with Crippen LogP contribution in [0.2, 0.25) is 0 Å². The van der Waals surface area contributed by atoms with Gasteiger partial charge in [-0.1, -0.05) is 12.0 Å². The van der Waals surface area contributed by atoms with Gasteiger partial charge in [0.2, 0.25) is 0 Å². The van der Waals surface area contributed by atoms with E-state index in [1.165, 1.54) is 11.1 Å². The molecule has 0 radical (unpaired) electrons. The minimum Gasteiger partial charge on any atom is -0.381 e. The fourth-order valence-electron chi connectivity index (χ4n) is 1.60. The second-order valence-corrected chi connectivity index (χ2v) is 3.88. The first-order valence-corrected chi connectivity index (χ1v) is 5.49. The number of rotatable bonds is 3. The van der Waals surface area contributed by atoms with Gasteiger partial charge in [-0.3, -0.25) is 4.98 Å². The zero-order valence-electron chi connectivity index (χ0n) is 9.77. The van der Waals surface area contributed by atoms with Gasteiger partial charge in [0.05, 0.1) is 0 Å². The first-order chi connectivity index (χ1) is 8.29. The summed E-state index contributed by atoms with van der Waals surface area (Å²) in [6.07, 6.45) is 9.05. The molecule has 1 aromatic carbocycles. The first kappa shape index (κ1) is 11.2. The first-order valence-electron chi connectivity index (χ1n) is 5.49. The van der Waals surface area contributed by atoms with E-state index in [1.54, 1.807) is 6.20 Å².